The second-order valence-electron chi connectivity index (χ2n) is 5.10. The van der Waals surface area contributed by atoms with Gasteiger partial charge in [0.15, 0.2) is 0 Å². The summed E-state index contributed by atoms with van der Waals surface area (Å²) in [5.74, 6) is 0.941. The van der Waals surface area contributed by atoms with E-state index in [0.717, 1.165) is 35.3 Å². The molecular weight excluding hydrogens is 234 g/mol. The number of aromatic nitrogens is 3. The Kier molecular flexibility index (Phi) is 2.37. The lowest BCUT2D eigenvalue weighted by Crippen LogP contribution is -2.05. The van der Waals surface area contributed by atoms with Crippen molar-refractivity contribution in [3.05, 3.63) is 47.8 Å². The summed E-state index contributed by atoms with van der Waals surface area (Å²) in [6.07, 6.45) is 6.64. The third kappa shape index (κ3) is 1.73. The standard InChI is InChI=1S/C16H15N3/c1-2-6-11(7-3-1)16-18-14-10-17-13-9-5-4-8-12(13)15(14)19-16/h1-3,6-7,10H,4-5,8-9H2,(H,18,19). The molecule has 2 heterocycles. The highest BCUT2D eigenvalue weighted by Gasteiger charge is 2.16. The monoisotopic (exact) mass is 249 g/mol. The third-order valence-electron chi connectivity index (χ3n) is 3.85. The smallest absolute Gasteiger partial charge is 0.138 e. The minimum atomic E-state index is 0.941. The van der Waals surface area contributed by atoms with Crippen molar-refractivity contribution in [1.29, 1.82) is 0 Å². The van der Waals surface area contributed by atoms with E-state index in [-0.39, 0.29) is 0 Å². The van der Waals surface area contributed by atoms with Crippen molar-refractivity contribution >= 4 is 11.0 Å². The van der Waals surface area contributed by atoms with Crippen molar-refractivity contribution in [2.24, 2.45) is 0 Å². The molecule has 19 heavy (non-hydrogen) atoms. The first-order valence-corrected chi connectivity index (χ1v) is 6.84. The maximum absolute atomic E-state index is 4.80. The Hall–Kier alpha value is -2.16. The van der Waals surface area contributed by atoms with Gasteiger partial charge >= 0.3 is 0 Å². The van der Waals surface area contributed by atoms with Crippen LogP contribution in [0, 0.1) is 0 Å². The average molecular weight is 249 g/mol. The van der Waals surface area contributed by atoms with Gasteiger partial charge in [0.05, 0.1) is 17.2 Å². The number of aryl methyl sites for hydroxylation is 2. The van der Waals surface area contributed by atoms with Crippen LogP contribution in [0.1, 0.15) is 24.1 Å². The van der Waals surface area contributed by atoms with Crippen molar-refractivity contribution in [2.45, 2.75) is 25.7 Å². The van der Waals surface area contributed by atoms with Gasteiger partial charge in [0.25, 0.3) is 0 Å². The van der Waals surface area contributed by atoms with Gasteiger partial charge in [-0.3, -0.25) is 4.98 Å². The molecule has 1 aliphatic rings. The first-order chi connectivity index (χ1) is 9.42. The number of imidazole rings is 1. The molecule has 3 nitrogen and oxygen atoms in total. The van der Waals surface area contributed by atoms with E-state index in [2.05, 4.69) is 22.1 Å². The Balaban J connectivity index is 1.92. The van der Waals surface area contributed by atoms with Crippen molar-refractivity contribution in [3.63, 3.8) is 0 Å². The summed E-state index contributed by atoms with van der Waals surface area (Å²) in [6, 6.07) is 10.3. The maximum atomic E-state index is 4.80. The summed E-state index contributed by atoms with van der Waals surface area (Å²) in [7, 11) is 0. The predicted molar refractivity (Wildman–Crippen MR) is 76.0 cm³/mol. The summed E-state index contributed by atoms with van der Waals surface area (Å²) < 4.78 is 0. The fourth-order valence-corrected chi connectivity index (χ4v) is 2.87. The highest BCUT2D eigenvalue weighted by Crippen LogP contribution is 2.28. The molecule has 0 saturated heterocycles. The Morgan fingerprint density at radius 3 is 2.74 bits per heavy atom. The van der Waals surface area contributed by atoms with E-state index in [1.54, 1.807) is 0 Å². The zero-order valence-corrected chi connectivity index (χ0v) is 10.7. The van der Waals surface area contributed by atoms with Crippen LogP contribution in [0.2, 0.25) is 0 Å². The number of benzene rings is 1. The quantitative estimate of drug-likeness (QED) is 0.717. The lowest BCUT2D eigenvalue weighted by molar-refractivity contribution is 0.672. The SMILES string of the molecule is c1ccc(-c2nc3c4c(ncc3[nH]2)CCCC4)cc1. The largest absolute Gasteiger partial charge is 0.337 e. The zero-order chi connectivity index (χ0) is 12.7. The van der Waals surface area contributed by atoms with E-state index in [1.807, 2.05) is 24.4 Å². The number of hydrogen-bond acceptors (Lipinski definition) is 2. The van der Waals surface area contributed by atoms with Gasteiger partial charge < -0.3 is 4.98 Å². The topological polar surface area (TPSA) is 41.6 Å². The molecule has 1 aliphatic carbocycles. The van der Waals surface area contributed by atoms with E-state index in [1.165, 1.54) is 24.1 Å². The molecule has 2 aromatic heterocycles. The maximum Gasteiger partial charge on any atom is 0.138 e. The minimum Gasteiger partial charge on any atom is -0.337 e. The van der Waals surface area contributed by atoms with Crippen molar-refractivity contribution in [3.8, 4) is 11.4 Å². The van der Waals surface area contributed by atoms with Gasteiger partial charge in [0, 0.05) is 16.8 Å². The van der Waals surface area contributed by atoms with Crippen molar-refractivity contribution < 1.29 is 0 Å². The summed E-state index contributed by atoms with van der Waals surface area (Å²) >= 11 is 0. The molecule has 0 atom stereocenters. The zero-order valence-electron chi connectivity index (χ0n) is 10.7. The lowest BCUT2D eigenvalue weighted by Gasteiger charge is -2.13. The Morgan fingerprint density at radius 1 is 1.00 bits per heavy atom. The van der Waals surface area contributed by atoms with Gasteiger partial charge in [0.2, 0.25) is 0 Å². The number of rotatable bonds is 1. The van der Waals surface area contributed by atoms with Gasteiger partial charge in [-0.05, 0) is 25.7 Å². The summed E-state index contributed by atoms with van der Waals surface area (Å²) in [6.45, 7) is 0. The second-order valence-corrected chi connectivity index (χ2v) is 5.10. The fourth-order valence-electron chi connectivity index (χ4n) is 2.87. The third-order valence-corrected chi connectivity index (χ3v) is 3.85. The molecule has 4 rings (SSSR count). The molecule has 0 fully saturated rings. The summed E-state index contributed by atoms with van der Waals surface area (Å²) in [5.41, 5.74) is 5.89. The summed E-state index contributed by atoms with van der Waals surface area (Å²) in [4.78, 5) is 12.8. The van der Waals surface area contributed by atoms with E-state index >= 15 is 0 Å². The van der Waals surface area contributed by atoms with Crippen LogP contribution in [0.3, 0.4) is 0 Å². The van der Waals surface area contributed by atoms with Crippen molar-refractivity contribution in [2.75, 3.05) is 0 Å². The number of fused-ring (bicyclic) bond motifs is 3. The number of pyridine rings is 1. The van der Waals surface area contributed by atoms with E-state index in [9.17, 15) is 0 Å². The average Bonchev–Trinajstić information content (AvgIpc) is 2.93. The van der Waals surface area contributed by atoms with Gasteiger partial charge in [-0.2, -0.15) is 0 Å². The van der Waals surface area contributed by atoms with Crippen LogP contribution in [-0.2, 0) is 12.8 Å². The van der Waals surface area contributed by atoms with Crippen molar-refractivity contribution in [1.82, 2.24) is 15.0 Å². The Bertz CT molecular complexity index is 728. The van der Waals surface area contributed by atoms with E-state index in [0.29, 0.717) is 0 Å². The van der Waals surface area contributed by atoms with Gasteiger partial charge in [-0.1, -0.05) is 30.3 Å². The number of hydrogen-bond donors (Lipinski definition) is 1. The Morgan fingerprint density at radius 2 is 1.84 bits per heavy atom. The molecular formula is C16H15N3. The van der Waals surface area contributed by atoms with Gasteiger partial charge in [0.1, 0.15) is 5.82 Å². The normalized spacial score (nSPS) is 14.5. The van der Waals surface area contributed by atoms with Gasteiger partial charge in [-0.25, -0.2) is 4.98 Å². The molecule has 94 valence electrons. The van der Waals surface area contributed by atoms with Crippen LogP contribution < -0.4 is 0 Å². The fraction of sp³-hybridized carbons (Fsp3) is 0.250. The molecule has 0 radical (unpaired) electrons. The highest BCUT2D eigenvalue weighted by molar-refractivity contribution is 5.82. The lowest BCUT2D eigenvalue weighted by atomic mass is 9.95. The molecule has 1 N–H and O–H groups in total. The molecule has 0 unspecified atom stereocenters. The van der Waals surface area contributed by atoms with Crippen LogP contribution in [0.15, 0.2) is 36.5 Å². The molecule has 0 aliphatic heterocycles. The van der Waals surface area contributed by atoms with Crippen LogP contribution in [0.25, 0.3) is 22.4 Å². The van der Waals surface area contributed by atoms with E-state index < -0.39 is 0 Å². The molecule has 3 heteroatoms. The molecule has 0 bridgehead atoms. The van der Waals surface area contributed by atoms with E-state index in [4.69, 9.17) is 4.98 Å². The minimum absolute atomic E-state index is 0.941. The first kappa shape index (κ1) is 10.7. The predicted octanol–water partition coefficient (Wildman–Crippen LogP) is 3.50. The second kappa shape index (κ2) is 4.19. The number of nitrogens with one attached hydrogen (secondary N) is 1. The number of nitrogens with zero attached hydrogens (tertiary/aromatic N) is 2. The molecule has 3 aromatic rings. The van der Waals surface area contributed by atoms with Crippen LogP contribution >= 0.6 is 0 Å². The molecule has 0 saturated carbocycles. The first-order valence-electron chi connectivity index (χ1n) is 6.84. The molecule has 1 aromatic carbocycles. The summed E-state index contributed by atoms with van der Waals surface area (Å²) in [5, 5.41) is 0. The highest BCUT2D eigenvalue weighted by atomic mass is 14.9. The van der Waals surface area contributed by atoms with Gasteiger partial charge in [-0.15, -0.1) is 0 Å². The molecule has 0 amide bonds. The Labute approximate surface area is 111 Å². The molecule has 0 spiro atoms. The number of aromatic amines is 1. The van der Waals surface area contributed by atoms with Crippen LogP contribution in [0.4, 0.5) is 0 Å². The number of H-pyrrole nitrogens is 1. The van der Waals surface area contributed by atoms with Crippen LogP contribution in [0.5, 0.6) is 0 Å². The van der Waals surface area contributed by atoms with Crippen LogP contribution in [-0.4, -0.2) is 15.0 Å².